The van der Waals surface area contributed by atoms with Crippen molar-refractivity contribution in [2.24, 2.45) is 5.10 Å². The highest BCUT2D eigenvalue weighted by Crippen LogP contribution is 2.18. The van der Waals surface area contributed by atoms with Crippen molar-refractivity contribution in [1.82, 2.24) is 5.43 Å². The van der Waals surface area contributed by atoms with Gasteiger partial charge in [-0.15, -0.1) is 0 Å². The normalized spacial score (nSPS) is 10.5. The highest BCUT2D eigenvalue weighted by atomic mass is 16.5. The quantitative estimate of drug-likeness (QED) is 0.491. The number of hydrazone groups is 1. The molecule has 1 N–H and O–H groups in total. The van der Waals surface area contributed by atoms with Gasteiger partial charge in [-0.25, -0.2) is 5.43 Å². The number of ether oxygens (including phenoxy) is 2. The minimum Gasteiger partial charge on any atom is -0.489 e. The molecule has 3 aromatic carbocycles. The van der Waals surface area contributed by atoms with E-state index in [1.165, 1.54) is 0 Å². The lowest BCUT2D eigenvalue weighted by molar-refractivity contribution is -0.123. The molecule has 5 nitrogen and oxygen atoms in total. The van der Waals surface area contributed by atoms with Crippen molar-refractivity contribution in [2.45, 2.75) is 6.61 Å². The molecule has 1 amide bonds. The zero-order valence-corrected chi connectivity index (χ0v) is 14.7. The summed E-state index contributed by atoms with van der Waals surface area (Å²) in [7, 11) is 0. The van der Waals surface area contributed by atoms with Gasteiger partial charge < -0.3 is 9.47 Å². The van der Waals surface area contributed by atoms with Crippen molar-refractivity contribution in [3.05, 3.63) is 96.1 Å². The van der Waals surface area contributed by atoms with E-state index in [1.807, 2.05) is 72.8 Å². The molecule has 0 aliphatic carbocycles. The van der Waals surface area contributed by atoms with Gasteiger partial charge in [-0.2, -0.15) is 5.10 Å². The molecule has 3 rings (SSSR count). The molecule has 27 heavy (non-hydrogen) atoms. The number of rotatable bonds is 8. The lowest BCUT2D eigenvalue weighted by Gasteiger charge is -2.08. The van der Waals surface area contributed by atoms with Gasteiger partial charge >= 0.3 is 0 Å². The molecule has 0 heterocycles. The fourth-order valence-corrected chi connectivity index (χ4v) is 2.27. The van der Waals surface area contributed by atoms with E-state index in [0.29, 0.717) is 12.4 Å². The van der Waals surface area contributed by atoms with Crippen molar-refractivity contribution < 1.29 is 14.3 Å². The van der Waals surface area contributed by atoms with Crippen LogP contribution in [0.15, 0.2) is 90.0 Å². The van der Waals surface area contributed by atoms with Crippen molar-refractivity contribution >= 4 is 12.1 Å². The average molecular weight is 360 g/mol. The standard InChI is InChI=1S/C22H20N2O3/c25-22(24-23-15-18-7-3-1-4-8-18)17-27-21-13-11-20(12-14-21)26-16-19-9-5-2-6-10-19/h1-15H,16-17H2,(H,24,25)/b23-15+. The lowest BCUT2D eigenvalue weighted by atomic mass is 10.2. The molecule has 0 unspecified atom stereocenters. The van der Waals surface area contributed by atoms with E-state index in [1.54, 1.807) is 18.3 Å². The van der Waals surface area contributed by atoms with Crippen LogP contribution in [0.1, 0.15) is 11.1 Å². The van der Waals surface area contributed by atoms with Crippen LogP contribution in [0.4, 0.5) is 0 Å². The van der Waals surface area contributed by atoms with Crippen LogP contribution in [-0.2, 0) is 11.4 Å². The number of benzene rings is 3. The second-order valence-corrected chi connectivity index (χ2v) is 5.74. The summed E-state index contributed by atoms with van der Waals surface area (Å²) < 4.78 is 11.2. The van der Waals surface area contributed by atoms with Crippen LogP contribution in [0, 0.1) is 0 Å². The Hall–Kier alpha value is -3.60. The Labute approximate surface area is 158 Å². The van der Waals surface area contributed by atoms with Crippen molar-refractivity contribution in [1.29, 1.82) is 0 Å². The minimum absolute atomic E-state index is 0.115. The summed E-state index contributed by atoms with van der Waals surface area (Å²) in [5.74, 6) is 0.999. The van der Waals surface area contributed by atoms with Crippen LogP contribution in [-0.4, -0.2) is 18.7 Å². The maximum Gasteiger partial charge on any atom is 0.277 e. The van der Waals surface area contributed by atoms with E-state index >= 15 is 0 Å². The van der Waals surface area contributed by atoms with Gasteiger partial charge in [0, 0.05) is 0 Å². The average Bonchev–Trinajstić information content (AvgIpc) is 2.73. The SMILES string of the molecule is O=C(COc1ccc(OCc2ccccc2)cc1)N/N=C/c1ccccc1. The van der Waals surface area contributed by atoms with Gasteiger partial charge in [0.25, 0.3) is 5.91 Å². The summed E-state index contributed by atoms with van der Waals surface area (Å²) in [5, 5.41) is 3.90. The van der Waals surface area contributed by atoms with Gasteiger partial charge in [-0.3, -0.25) is 4.79 Å². The van der Waals surface area contributed by atoms with Crippen molar-refractivity contribution in [3.63, 3.8) is 0 Å². The third-order valence-corrected chi connectivity index (χ3v) is 3.64. The van der Waals surface area contributed by atoms with Gasteiger partial charge in [-0.1, -0.05) is 60.7 Å². The number of nitrogens with one attached hydrogen (secondary N) is 1. The maximum atomic E-state index is 11.8. The third kappa shape index (κ3) is 6.32. The molecule has 0 aliphatic rings. The minimum atomic E-state index is -0.327. The first-order valence-electron chi connectivity index (χ1n) is 8.56. The molecule has 0 atom stereocenters. The molecule has 0 fully saturated rings. The third-order valence-electron chi connectivity index (χ3n) is 3.64. The number of hydrogen-bond donors (Lipinski definition) is 1. The molecule has 3 aromatic rings. The van der Waals surface area contributed by atoms with Gasteiger partial charge in [0.1, 0.15) is 18.1 Å². The number of amides is 1. The number of hydrogen-bond acceptors (Lipinski definition) is 4. The van der Waals surface area contributed by atoms with Crippen LogP contribution in [0.25, 0.3) is 0 Å². The van der Waals surface area contributed by atoms with E-state index in [9.17, 15) is 4.79 Å². The van der Waals surface area contributed by atoms with E-state index in [0.717, 1.165) is 16.9 Å². The highest BCUT2D eigenvalue weighted by Gasteiger charge is 2.02. The predicted octanol–water partition coefficient (Wildman–Crippen LogP) is 3.79. The predicted molar refractivity (Wildman–Crippen MR) is 105 cm³/mol. The molecular weight excluding hydrogens is 340 g/mol. The fraction of sp³-hybridized carbons (Fsp3) is 0.0909. The zero-order valence-electron chi connectivity index (χ0n) is 14.7. The highest BCUT2D eigenvalue weighted by molar-refractivity contribution is 5.82. The molecule has 0 aromatic heterocycles. The summed E-state index contributed by atoms with van der Waals surface area (Å²) >= 11 is 0. The monoisotopic (exact) mass is 360 g/mol. The Bertz CT molecular complexity index is 863. The maximum absolute atomic E-state index is 11.8. The molecular formula is C22H20N2O3. The first-order chi connectivity index (χ1) is 13.3. The number of nitrogens with zero attached hydrogens (tertiary/aromatic N) is 1. The van der Waals surface area contributed by atoms with E-state index in [4.69, 9.17) is 9.47 Å². The van der Waals surface area contributed by atoms with Crippen LogP contribution < -0.4 is 14.9 Å². The number of carbonyl (C=O) groups is 1. The van der Waals surface area contributed by atoms with Gasteiger partial charge in [0.2, 0.25) is 0 Å². The van der Waals surface area contributed by atoms with E-state index < -0.39 is 0 Å². The molecule has 0 saturated heterocycles. The molecule has 136 valence electrons. The van der Waals surface area contributed by atoms with Crippen molar-refractivity contribution in [3.8, 4) is 11.5 Å². The fourth-order valence-electron chi connectivity index (χ4n) is 2.27. The van der Waals surface area contributed by atoms with Crippen LogP contribution >= 0.6 is 0 Å². The molecule has 0 aliphatic heterocycles. The molecule has 0 radical (unpaired) electrons. The topological polar surface area (TPSA) is 59.9 Å². The molecule has 0 bridgehead atoms. The molecule has 0 spiro atoms. The van der Waals surface area contributed by atoms with Crippen LogP contribution in [0.3, 0.4) is 0 Å². The van der Waals surface area contributed by atoms with E-state index in [2.05, 4.69) is 10.5 Å². The van der Waals surface area contributed by atoms with Gasteiger partial charge in [0.15, 0.2) is 6.61 Å². The van der Waals surface area contributed by atoms with Crippen molar-refractivity contribution in [2.75, 3.05) is 6.61 Å². The first kappa shape index (κ1) is 18.2. The summed E-state index contributed by atoms with van der Waals surface area (Å²) in [6.45, 7) is 0.388. The Morgan fingerprint density at radius 1 is 0.815 bits per heavy atom. The van der Waals surface area contributed by atoms with Crippen LogP contribution in [0.5, 0.6) is 11.5 Å². The van der Waals surface area contributed by atoms with Crippen LogP contribution in [0.2, 0.25) is 0 Å². The van der Waals surface area contributed by atoms with Gasteiger partial charge in [-0.05, 0) is 35.4 Å². The Balaban J connectivity index is 1.40. The second kappa shape index (κ2) is 9.77. The lowest BCUT2D eigenvalue weighted by Crippen LogP contribution is -2.24. The summed E-state index contributed by atoms with van der Waals surface area (Å²) in [6, 6.07) is 26.6. The largest absolute Gasteiger partial charge is 0.489 e. The molecule has 0 saturated carbocycles. The number of carbonyl (C=O) groups excluding carboxylic acids is 1. The Kier molecular flexibility index (Phi) is 6.59. The zero-order chi connectivity index (χ0) is 18.7. The smallest absolute Gasteiger partial charge is 0.277 e. The molecule has 5 heteroatoms. The summed E-state index contributed by atoms with van der Waals surface area (Å²) in [5.41, 5.74) is 4.44. The Morgan fingerprint density at radius 2 is 1.41 bits per heavy atom. The summed E-state index contributed by atoms with van der Waals surface area (Å²) in [6.07, 6.45) is 1.58. The summed E-state index contributed by atoms with van der Waals surface area (Å²) in [4.78, 5) is 11.8. The van der Waals surface area contributed by atoms with Gasteiger partial charge in [0.05, 0.1) is 6.21 Å². The first-order valence-corrected chi connectivity index (χ1v) is 8.56. The second-order valence-electron chi connectivity index (χ2n) is 5.74. The van der Waals surface area contributed by atoms with E-state index in [-0.39, 0.29) is 12.5 Å². The Morgan fingerprint density at radius 3 is 2.07 bits per heavy atom.